The van der Waals surface area contributed by atoms with E-state index in [1.807, 2.05) is 60.8 Å². The van der Waals surface area contributed by atoms with Crippen molar-refractivity contribution in [3.05, 3.63) is 53.1 Å². The van der Waals surface area contributed by atoms with E-state index in [2.05, 4.69) is 5.32 Å². The zero-order chi connectivity index (χ0) is 17.8. The fourth-order valence-corrected chi connectivity index (χ4v) is 5.51. The summed E-state index contributed by atoms with van der Waals surface area (Å²) in [5.41, 5.74) is 3.55. The second-order valence-electron chi connectivity index (χ2n) is 5.67. The Bertz CT molecular complexity index is 756. The summed E-state index contributed by atoms with van der Waals surface area (Å²) in [6.45, 7) is 1.93. The number of carbonyl (C=O) groups excluding carboxylic acids is 1. The lowest BCUT2D eigenvalue weighted by Crippen LogP contribution is -2.13. The Kier molecular flexibility index (Phi) is 5.81. The molecule has 2 aromatic carbocycles. The summed E-state index contributed by atoms with van der Waals surface area (Å²) in [6.07, 6.45) is 0. The average Bonchev–Trinajstić information content (AvgIpc) is 3.17. The molecule has 0 aliphatic carbocycles. The minimum Gasteiger partial charge on any atom is -0.493 e. The minimum absolute atomic E-state index is 0.131. The second kappa shape index (κ2) is 8.06. The summed E-state index contributed by atoms with van der Waals surface area (Å²) in [5.74, 6) is 3.49. The maximum Gasteiger partial charge on any atom is 0.255 e. The number of nitrogens with one attached hydrogen (secondary N) is 1. The molecular weight excluding hydrogens is 354 g/mol. The summed E-state index contributed by atoms with van der Waals surface area (Å²) in [4.78, 5) is 12.6. The van der Waals surface area contributed by atoms with Gasteiger partial charge >= 0.3 is 0 Å². The molecule has 2 aromatic rings. The monoisotopic (exact) mass is 375 g/mol. The quantitative estimate of drug-likeness (QED) is 0.818. The summed E-state index contributed by atoms with van der Waals surface area (Å²) >= 11 is 3.92. The van der Waals surface area contributed by atoms with E-state index in [4.69, 9.17) is 9.47 Å². The molecule has 4 nitrogen and oxygen atoms in total. The second-order valence-corrected chi connectivity index (χ2v) is 8.40. The highest BCUT2D eigenvalue weighted by atomic mass is 32.2. The number of ether oxygens (including phenoxy) is 2. The first kappa shape index (κ1) is 18.0. The molecule has 0 bridgehead atoms. The smallest absolute Gasteiger partial charge is 0.255 e. The number of methoxy groups -OCH3 is 2. The van der Waals surface area contributed by atoms with Gasteiger partial charge < -0.3 is 14.8 Å². The predicted octanol–water partition coefficient (Wildman–Crippen LogP) is 4.74. The molecule has 1 N–H and O–H groups in total. The van der Waals surface area contributed by atoms with Crippen LogP contribution < -0.4 is 14.8 Å². The van der Waals surface area contributed by atoms with Crippen LogP contribution >= 0.6 is 23.5 Å². The van der Waals surface area contributed by atoms with Gasteiger partial charge in [0.15, 0.2) is 11.5 Å². The van der Waals surface area contributed by atoms with Crippen molar-refractivity contribution in [3.63, 3.8) is 0 Å². The zero-order valence-electron chi connectivity index (χ0n) is 14.5. The number of carbonyl (C=O) groups is 1. The topological polar surface area (TPSA) is 47.6 Å². The van der Waals surface area contributed by atoms with E-state index < -0.39 is 0 Å². The van der Waals surface area contributed by atoms with Crippen molar-refractivity contribution in [2.24, 2.45) is 0 Å². The average molecular weight is 376 g/mol. The standard InChI is InChI=1S/C19H21NO3S2/c1-12-10-16(22-2)17(23-3)11-15(12)20-18(21)13-4-6-14(7-5-13)19-24-8-9-25-19/h4-7,10-11,19H,8-9H2,1-3H3,(H,20,21). The molecule has 3 rings (SSSR count). The first-order valence-electron chi connectivity index (χ1n) is 7.99. The Morgan fingerprint density at radius 2 is 1.64 bits per heavy atom. The van der Waals surface area contributed by atoms with Crippen molar-refractivity contribution in [1.29, 1.82) is 0 Å². The molecule has 25 heavy (non-hydrogen) atoms. The van der Waals surface area contributed by atoms with Crippen molar-refractivity contribution in [2.45, 2.75) is 11.5 Å². The van der Waals surface area contributed by atoms with Crippen LogP contribution in [0, 0.1) is 6.92 Å². The molecule has 1 fully saturated rings. The Morgan fingerprint density at radius 1 is 1.04 bits per heavy atom. The zero-order valence-corrected chi connectivity index (χ0v) is 16.1. The molecule has 1 aliphatic heterocycles. The maximum absolute atomic E-state index is 12.6. The fourth-order valence-electron chi connectivity index (χ4n) is 2.65. The van der Waals surface area contributed by atoms with E-state index in [0.717, 1.165) is 5.56 Å². The van der Waals surface area contributed by atoms with E-state index in [-0.39, 0.29) is 5.91 Å². The van der Waals surface area contributed by atoms with Crippen LogP contribution in [0.3, 0.4) is 0 Å². The lowest BCUT2D eigenvalue weighted by Gasteiger charge is -2.14. The van der Waals surface area contributed by atoms with Crippen LogP contribution in [-0.4, -0.2) is 31.6 Å². The number of benzene rings is 2. The van der Waals surface area contributed by atoms with Gasteiger partial charge in [0.2, 0.25) is 0 Å². The maximum atomic E-state index is 12.6. The van der Waals surface area contributed by atoms with Gasteiger partial charge in [0, 0.05) is 28.8 Å². The Labute approximate surface area is 156 Å². The molecule has 1 heterocycles. The van der Waals surface area contributed by atoms with Crippen LogP contribution in [0.2, 0.25) is 0 Å². The normalized spacial score (nSPS) is 14.4. The Morgan fingerprint density at radius 3 is 2.24 bits per heavy atom. The van der Waals surface area contributed by atoms with Crippen molar-refractivity contribution in [2.75, 3.05) is 31.0 Å². The highest BCUT2D eigenvalue weighted by Gasteiger charge is 2.18. The van der Waals surface area contributed by atoms with E-state index >= 15 is 0 Å². The van der Waals surface area contributed by atoms with Crippen LogP contribution in [0.5, 0.6) is 11.5 Å². The van der Waals surface area contributed by atoms with Gasteiger partial charge in [0.1, 0.15) is 0 Å². The van der Waals surface area contributed by atoms with Gasteiger partial charge in [-0.2, -0.15) is 0 Å². The largest absolute Gasteiger partial charge is 0.493 e. The van der Waals surface area contributed by atoms with Crippen LogP contribution in [0.1, 0.15) is 26.1 Å². The molecule has 0 aromatic heterocycles. The van der Waals surface area contributed by atoms with Gasteiger partial charge in [0.05, 0.1) is 18.8 Å². The van der Waals surface area contributed by atoms with Crippen LogP contribution in [0.4, 0.5) is 5.69 Å². The third-order valence-corrected chi connectivity index (χ3v) is 7.15. The molecule has 132 valence electrons. The van der Waals surface area contributed by atoms with E-state index in [1.165, 1.54) is 17.1 Å². The highest BCUT2D eigenvalue weighted by molar-refractivity contribution is 8.19. The van der Waals surface area contributed by atoms with Gasteiger partial charge in [-0.05, 0) is 36.2 Å². The lowest BCUT2D eigenvalue weighted by atomic mass is 10.1. The number of anilines is 1. The van der Waals surface area contributed by atoms with E-state index in [0.29, 0.717) is 27.3 Å². The van der Waals surface area contributed by atoms with Crippen molar-refractivity contribution in [3.8, 4) is 11.5 Å². The van der Waals surface area contributed by atoms with Gasteiger partial charge in [0.25, 0.3) is 5.91 Å². The summed E-state index contributed by atoms with van der Waals surface area (Å²) < 4.78 is 11.1. The first-order valence-corrected chi connectivity index (χ1v) is 10.1. The molecule has 0 spiro atoms. The fraction of sp³-hybridized carbons (Fsp3) is 0.316. The molecule has 0 radical (unpaired) electrons. The number of rotatable bonds is 5. The number of hydrogen-bond acceptors (Lipinski definition) is 5. The molecule has 1 amide bonds. The van der Waals surface area contributed by atoms with Crippen LogP contribution in [0.25, 0.3) is 0 Å². The predicted molar refractivity (Wildman–Crippen MR) is 106 cm³/mol. The molecular formula is C19H21NO3S2. The molecule has 1 aliphatic rings. The van der Waals surface area contributed by atoms with Crippen molar-refractivity contribution in [1.82, 2.24) is 0 Å². The molecule has 0 saturated carbocycles. The molecule has 6 heteroatoms. The highest BCUT2D eigenvalue weighted by Crippen LogP contribution is 2.45. The van der Waals surface area contributed by atoms with Gasteiger partial charge in [-0.1, -0.05) is 12.1 Å². The van der Waals surface area contributed by atoms with Crippen molar-refractivity contribution >= 4 is 35.1 Å². The van der Waals surface area contributed by atoms with Crippen LogP contribution in [-0.2, 0) is 0 Å². The number of aryl methyl sites for hydroxylation is 1. The van der Waals surface area contributed by atoms with Gasteiger partial charge in [-0.25, -0.2) is 0 Å². The summed E-state index contributed by atoms with van der Waals surface area (Å²) in [5, 5.41) is 2.96. The third-order valence-electron chi connectivity index (χ3n) is 4.05. The summed E-state index contributed by atoms with van der Waals surface area (Å²) in [7, 11) is 3.18. The van der Waals surface area contributed by atoms with E-state index in [9.17, 15) is 4.79 Å². The lowest BCUT2D eigenvalue weighted by molar-refractivity contribution is 0.102. The van der Waals surface area contributed by atoms with Crippen molar-refractivity contribution < 1.29 is 14.3 Å². The number of thioether (sulfide) groups is 2. The molecule has 0 unspecified atom stereocenters. The Hall–Kier alpha value is -1.79. The minimum atomic E-state index is -0.131. The van der Waals surface area contributed by atoms with Crippen LogP contribution in [0.15, 0.2) is 36.4 Å². The van der Waals surface area contributed by atoms with E-state index in [1.54, 1.807) is 20.3 Å². The molecule has 0 atom stereocenters. The van der Waals surface area contributed by atoms with Gasteiger partial charge in [-0.15, -0.1) is 23.5 Å². The van der Waals surface area contributed by atoms with Gasteiger partial charge in [-0.3, -0.25) is 4.79 Å². The number of amides is 1. The number of hydrogen-bond donors (Lipinski definition) is 1. The first-order chi connectivity index (χ1) is 12.1. The molecule has 1 saturated heterocycles. The summed E-state index contributed by atoms with van der Waals surface area (Å²) in [6, 6.07) is 11.5. The Balaban J connectivity index is 1.75. The third kappa shape index (κ3) is 4.07. The SMILES string of the molecule is COc1cc(C)c(NC(=O)c2ccc(C3SCCS3)cc2)cc1OC.